The maximum absolute atomic E-state index is 11.1. The smallest absolute Gasteiger partial charge is 0.312 e. The van der Waals surface area contributed by atoms with Crippen molar-refractivity contribution in [1.82, 2.24) is 4.98 Å². The number of aliphatic carboxylic acids is 1. The molecule has 0 saturated carbocycles. The largest absolute Gasteiger partial charge is 0.481 e. The van der Waals surface area contributed by atoms with Gasteiger partial charge in [0.15, 0.2) is 0 Å². The highest BCUT2D eigenvalue weighted by molar-refractivity contribution is 7.09. The number of rotatable bonds is 4. The molecule has 0 radical (unpaired) electrons. The van der Waals surface area contributed by atoms with Gasteiger partial charge in [0.25, 0.3) is 0 Å². The molecule has 1 aromatic rings. The molecule has 5 heteroatoms. The number of nitrogens with zero attached hydrogens (tertiary/aromatic N) is 1. The van der Waals surface area contributed by atoms with Gasteiger partial charge in [-0.1, -0.05) is 6.92 Å². The maximum Gasteiger partial charge on any atom is 0.312 e. The van der Waals surface area contributed by atoms with Crippen LogP contribution in [-0.4, -0.2) is 29.3 Å². The lowest BCUT2D eigenvalue weighted by atomic mass is 10.0. The summed E-state index contributed by atoms with van der Waals surface area (Å²) in [6.07, 6.45) is 2.58. The molecule has 0 spiro atoms. The quantitative estimate of drug-likeness (QED) is 0.898. The van der Waals surface area contributed by atoms with Crippen LogP contribution in [0.4, 0.5) is 0 Å². The summed E-state index contributed by atoms with van der Waals surface area (Å²) >= 11 is 1.59. The van der Waals surface area contributed by atoms with Gasteiger partial charge in [0.05, 0.1) is 16.6 Å². The van der Waals surface area contributed by atoms with Crippen LogP contribution in [0.25, 0.3) is 0 Å². The Labute approximate surface area is 105 Å². The van der Waals surface area contributed by atoms with Crippen LogP contribution in [0.1, 0.15) is 48.7 Å². The Balaban J connectivity index is 2.11. The van der Waals surface area contributed by atoms with E-state index in [1.165, 1.54) is 0 Å². The van der Waals surface area contributed by atoms with Crippen LogP contribution in [0.15, 0.2) is 5.38 Å². The van der Waals surface area contributed by atoms with Crippen molar-refractivity contribution in [2.75, 3.05) is 13.2 Å². The average Bonchev–Trinajstić information content (AvgIpc) is 2.80. The summed E-state index contributed by atoms with van der Waals surface area (Å²) in [7, 11) is 0. The first-order valence-electron chi connectivity index (χ1n) is 5.98. The highest BCUT2D eigenvalue weighted by Gasteiger charge is 2.24. The predicted molar refractivity (Wildman–Crippen MR) is 65.6 cm³/mol. The zero-order valence-electron chi connectivity index (χ0n) is 9.89. The topological polar surface area (TPSA) is 59.4 Å². The molecule has 1 fully saturated rings. The fourth-order valence-electron chi connectivity index (χ4n) is 2.10. The van der Waals surface area contributed by atoms with Crippen LogP contribution in [0.2, 0.25) is 0 Å². The summed E-state index contributed by atoms with van der Waals surface area (Å²) in [5, 5.41) is 12.1. The van der Waals surface area contributed by atoms with Crippen molar-refractivity contribution in [1.29, 1.82) is 0 Å². The lowest BCUT2D eigenvalue weighted by Gasteiger charge is -2.19. The van der Waals surface area contributed by atoms with Crippen LogP contribution in [-0.2, 0) is 9.53 Å². The minimum atomic E-state index is -0.781. The minimum Gasteiger partial charge on any atom is -0.481 e. The molecule has 1 saturated heterocycles. The molecule has 2 heterocycles. The fourth-order valence-corrected chi connectivity index (χ4v) is 3.15. The van der Waals surface area contributed by atoms with Crippen molar-refractivity contribution < 1.29 is 14.6 Å². The van der Waals surface area contributed by atoms with Crippen LogP contribution in [0.5, 0.6) is 0 Å². The summed E-state index contributed by atoms with van der Waals surface area (Å²) in [6.45, 7) is 3.46. The number of carboxylic acid groups (broad SMARTS) is 1. The highest BCUT2D eigenvalue weighted by atomic mass is 32.1. The van der Waals surface area contributed by atoms with E-state index in [2.05, 4.69) is 4.98 Å². The first-order valence-corrected chi connectivity index (χ1v) is 6.86. The molecule has 1 aliphatic heterocycles. The normalized spacial score (nSPS) is 19.1. The van der Waals surface area contributed by atoms with Crippen LogP contribution < -0.4 is 0 Å². The van der Waals surface area contributed by atoms with Gasteiger partial charge < -0.3 is 9.84 Å². The van der Waals surface area contributed by atoms with Crippen molar-refractivity contribution in [3.05, 3.63) is 16.1 Å². The molecule has 1 N–H and O–H groups in total. The molecule has 1 aromatic heterocycles. The zero-order chi connectivity index (χ0) is 12.3. The average molecular weight is 255 g/mol. The predicted octanol–water partition coefficient (Wildman–Crippen LogP) is 2.62. The van der Waals surface area contributed by atoms with Crippen molar-refractivity contribution in [2.45, 2.75) is 38.0 Å². The van der Waals surface area contributed by atoms with E-state index in [1.807, 2.05) is 12.3 Å². The van der Waals surface area contributed by atoms with Gasteiger partial charge in [0.2, 0.25) is 0 Å². The van der Waals surface area contributed by atoms with Gasteiger partial charge in [0.1, 0.15) is 0 Å². The first-order chi connectivity index (χ1) is 8.22. The van der Waals surface area contributed by atoms with E-state index in [1.54, 1.807) is 11.3 Å². The number of carboxylic acids is 1. The second-order valence-electron chi connectivity index (χ2n) is 4.30. The van der Waals surface area contributed by atoms with Crippen molar-refractivity contribution in [3.63, 3.8) is 0 Å². The molecule has 1 unspecified atom stereocenters. The summed E-state index contributed by atoms with van der Waals surface area (Å²) in [5.74, 6) is -0.787. The number of thiazole rings is 1. The van der Waals surface area contributed by atoms with Gasteiger partial charge in [-0.25, -0.2) is 4.98 Å². The molecule has 4 nitrogen and oxygen atoms in total. The minimum absolute atomic E-state index is 0.453. The molecule has 2 rings (SSSR count). The van der Waals surface area contributed by atoms with Crippen molar-refractivity contribution >= 4 is 17.3 Å². The van der Waals surface area contributed by atoms with Gasteiger partial charge in [-0.3, -0.25) is 4.79 Å². The molecule has 17 heavy (non-hydrogen) atoms. The third-order valence-corrected chi connectivity index (χ3v) is 4.20. The van der Waals surface area contributed by atoms with Gasteiger partial charge in [-0.05, 0) is 19.3 Å². The zero-order valence-corrected chi connectivity index (χ0v) is 10.7. The van der Waals surface area contributed by atoms with E-state index in [4.69, 9.17) is 9.84 Å². The summed E-state index contributed by atoms with van der Waals surface area (Å²) < 4.78 is 5.32. The molecule has 94 valence electrons. The summed E-state index contributed by atoms with van der Waals surface area (Å²) in [4.78, 5) is 15.6. The molecule has 0 aromatic carbocycles. The summed E-state index contributed by atoms with van der Waals surface area (Å²) in [5.41, 5.74) is 0.714. The van der Waals surface area contributed by atoms with E-state index in [9.17, 15) is 4.79 Å². The van der Waals surface area contributed by atoms with Crippen molar-refractivity contribution in [3.8, 4) is 0 Å². The van der Waals surface area contributed by atoms with E-state index < -0.39 is 11.9 Å². The molecule has 1 aliphatic rings. The Morgan fingerprint density at radius 2 is 2.35 bits per heavy atom. The number of hydrogen-bond donors (Lipinski definition) is 1. The van der Waals surface area contributed by atoms with Gasteiger partial charge in [-0.2, -0.15) is 0 Å². The number of hydrogen-bond acceptors (Lipinski definition) is 4. The fraction of sp³-hybridized carbons (Fsp3) is 0.667. The highest BCUT2D eigenvalue weighted by Crippen LogP contribution is 2.31. The lowest BCUT2D eigenvalue weighted by Crippen LogP contribution is -2.15. The maximum atomic E-state index is 11.1. The number of carbonyl (C=O) groups is 1. The van der Waals surface area contributed by atoms with E-state index in [0.29, 0.717) is 18.0 Å². The van der Waals surface area contributed by atoms with E-state index in [-0.39, 0.29) is 0 Å². The lowest BCUT2D eigenvalue weighted by molar-refractivity contribution is -0.138. The second-order valence-corrected chi connectivity index (χ2v) is 5.19. The SMILES string of the molecule is CCC(C(=O)O)c1csc(C2CCOCC2)n1. The summed E-state index contributed by atoms with van der Waals surface area (Å²) in [6, 6.07) is 0. The number of aromatic nitrogens is 1. The Kier molecular flexibility index (Phi) is 4.12. The molecular weight excluding hydrogens is 238 g/mol. The monoisotopic (exact) mass is 255 g/mol. The molecule has 0 aliphatic carbocycles. The van der Waals surface area contributed by atoms with Crippen LogP contribution in [0, 0.1) is 0 Å². The Morgan fingerprint density at radius 3 is 2.94 bits per heavy atom. The number of ether oxygens (including phenoxy) is 1. The van der Waals surface area contributed by atoms with Crippen LogP contribution in [0.3, 0.4) is 0 Å². The molecule has 0 bridgehead atoms. The van der Waals surface area contributed by atoms with E-state index >= 15 is 0 Å². The third kappa shape index (κ3) is 2.84. The second kappa shape index (κ2) is 5.60. The van der Waals surface area contributed by atoms with Crippen molar-refractivity contribution in [2.24, 2.45) is 0 Å². The van der Waals surface area contributed by atoms with Gasteiger partial charge in [-0.15, -0.1) is 11.3 Å². The molecule has 1 atom stereocenters. The van der Waals surface area contributed by atoms with Gasteiger partial charge in [0, 0.05) is 24.5 Å². The Hall–Kier alpha value is -0.940. The molecular formula is C12H17NO3S. The first kappa shape index (κ1) is 12.5. The third-order valence-electron chi connectivity index (χ3n) is 3.17. The van der Waals surface area contributed by atoms with E-state index in [0.717, 1.165) is 31.1 Å². The standard InChI is InChI=1S/C12H17NO3S/c1-2-9(12(14)15)10-7-17-11(13-10)8-3-5-16-6-4-8/h7-9H,2-6H2,1H3,(H,14,15). The Morgan fingerprint density at radius 1 is 1.65 bits per heavy atom. The Bertz CT molecular complexity index is 385. The van der Waals surface area contributed by atoms with Gasteiger partial charge >= 0.3 is 5.97 Å². The molecule has 0 amide bonds. The van der Waals surface area contributed by atoms with Crippen LogP contribution >= 0.6 is 11.3 Å².